The van der Waals surface area contributed by atoms with Crippen LogP contribution in [0.5, 0.6) is 0 Å². The van der Waals surface area contributed by atoms with Gasteiger partial charge in [0.15, 0.2) is 0 Å². The predicted molar refractivity (Wildman–Crippen MR) is 109 cm³/mol. The molecule has 1 rings (SSSR count). The molecule has 0 spiro atoms. The molecule has 0 aliphatic heterocycles. The third kappa shape index (κ3) is 4.63. The minimum Gasteiger partial charge on any atom is -0.339 e. The van der Waals surface area contributed by atoms with Gasteiger partial charge in [-0.2, -0.15) is 0 Å². The van der Waals surface area contributed by atoms with Crippen LogP contribution in [0.2, 0.25) is 23.2 Å². The maximum atomic E-state index is 13.2. The van der Waals surface area contributed by atoms with Crippen molar-refractivity contribution in [3.05, 3.63) is 28.8 Å². The molecule has 0 fully saturated rings. The predicted octanol–water partition coefficient (Wildman–Crippen LogP) is 5.71. The first-order chi connectivity index (χ1) is 11.5. The highest BCUT2D eigenvalue weighted by molar-refractivity contribution is 6.92. The van der Waals surface area contributed by atoms with E-state index in [-0.39, 0.29) is 5.91 Å². The van der Waals surface area contributed by atoms with Crippen molar-refractivity contribution in [2.45, 2.75) is 72.0 Å². The van der Waals surface area contributed by atoms with Crippen molar-refractivity contribution in [2.75, 3.05) is 13.1 Å². The van der Waals surface area contributed by atoms with E-state index >= 15 is 0 Å². The summed E-state index contributed by atoms with van der Waals surface area (Å²) in [6.45, 7) is 12.3. The lowest BCUT2D eigenvalue weighted by Gasteiger charge is -2.34. The van der Waals surface area contributed by atoms with Crippen molar-refractivity contribution in [1.82, 2.24) is 4.90 Å². The lowest BCUT2D eigenvalue weighted by molar-refractivity contribution is 0.0774. The van der Waals surface area contributed by atoms with Crippen LogP contribution in [-0.4, -0.2) is 32.0 Å². The SMILES string of the molecule is CCC[Si](CCC)(CCC)c1cccc(Cl)c1C(=O)N(CC)CC. The second-order valence-electron chi connectivity index (χ2n) is 6.67. The van der Waals surface area contributed by atoms with Crippen molar-refractivity contribution in [1.29, 1.82) is 0 Å². The van der Waals surface area contributed by atoms with Crippen molar-refractivity contribution >= 4 is 30.8 Å². The van der Waals surface area contributed by atoms with Gasteiger partial charge in [0.2, 0.25) is 0 Å². The highest BCUT2D eigenvalue weighted by Crippen LogP contribution is 2.30. The summed E-state index contributed by atoms with van der Waals surface area (Å²) in [7, 11) is -1.71. The molecule has 0 atom stereocenters. The Kier molecular flexibility index (Phi) is 9.07. The molecule has 0 N–H and O–H groups in total. The average Bonchev–Trinajstić information content (AvgIpc) is 2.56. The Morgan fingerprint density at radius 1 is 0.958 bits per heavy atom. The van der Waals surface area contributed by atoms with Crippen LogP contribution >= 0.6 is 11.6 Å². The monoisotopic (exact) mass is 367 g/mol. The Morgan fingerprint density at radius 3 is 1.88 bits per heavy atom. The summed E-state index contributed by atoms with van der Waals surface area (Å²) in [6.07, 6.45) is 3.53. The number of halogens is 1. The number of benzene rings is 1. The fourth-order valence-corrected chi connectivity index (χ4v) is 10.1. The summed E-state index contributed by atoms with van der Waals surface area (Å²) in [4.78, 5) is 15.1. The number of nitrogens with zero attached hydrogens (tertiary/aromatic N) is 1. The first kappa shape index (κ1) is 21.2. The highest BCUT2D eigenvalue weighted by Gasteiger charge is 2.37. The Hall–Kier alpha value is -0.803. The zero-order chi connectivity index (χ0) is 18.2. The summed E-state index contributed by atoms with van der Waals surface area (Å²) in [6, 6.07) is 9.86. The van der Waals surface area contributed by atoms with E-state index in [1.54, 1.807) is 0 Å². The fraction of sp³-hybridized carbons (Fsp3) is 0.650. The number of rotatable bonds is 10. The van der Waals surface area contributed by atoms with Crippen LogP contribution < -0.4 is 5.19 Å². The van der Waals surface area contributed by atoms with Crippen molar-refractivity contribution in [2.24, 2.45) is 0 Å². The van der Waals surface area contributed by atoms with Gasteiger partial charge in [0.1, 0.15) is 0 Å². The zero-order valence-corrected chi connectivity index (χ0v) is 17.9. The number of carbonyl (C=O) groups excluding carboxylic acids is 1. The van der Waals surface area contributed by atoms with E-state index in [2.05, 4.69) is 26.8 Å². The zero-order valence-electron chi connectivity index (χ0n) is 16.1. The molecule has 1 aromatic carbocycles. The molecule has 0 saturated carbocycles. The maximum absolute atomic E-state index is 13.2. The van der Waals surface area contributed by atoms with Gasteiger partial charge in [0.05, 0.1) is 18.7 Å². The van der Waals surface area contributed by atoms with Crippen LogP contribution in [0.25, 0.3) is 0 Å². The third-order valence-corrected chi connectivity index (χ3v) is 11.3. The van der Waals surface area contributed by atoms with E-state index in [0.29, 0.717) is 5.02 Å². The Labute approximate surface area is 154 Å². The Morgan fingerprint density at radius 2 is 1.46 bits per heavy atom. The van der Waals surface area contributed by atoms with E-state index in [4.69, 9.17) is 11.6 Å². The van der Waals surface area contributed by atoms with E-state index in [1.165, 1.54) is 42.6 Å². The standard InChI is InChI=1S/C20H34ClNOSi/c1-6-14-24(15-7-2,16-8-3)18-13-11-12-17(21)19(18)20(23)22(9-4)10-5/h11-13H,6-10,14-16H2,1-5H3. The molecule has 4 heteroatoms. The summed E-state index contributed by atoms with van der Waals surface area (Å²) in [5.41, 5.74) is 0.796. The lowest BCUT2D eigenvalue weighted by atomic mass is 10.2. The maximum Gasteiger partial charge on any atom is 0.255 e. The van der Waals surface area contributed by atoms with E-state index in [9.17, 15) is 4.79 Å². The second-order valence-corrected chi connectivity index (χ2v) is 11.7. The molecule has 0 radical (unpaired) electrons. The number of hydrogen-bond acceptors (Lipinski definition) is 1. The van der Waals surface area contributed by atoms with Crippen LogP contribution in [0.15, 0.2) is 18.2 Å². The molecule has 0 aromatic heterocycles. The average molecular weight is 368 g/mol. The van der Waals surface area contributed by atoms with Crippen molar-refractivity contribution in [3.8, 4) is 0 Å². The van der Waals surface area contributed by atoms with Crippen LogP contribution in [0.3, 0.4) is 0 Å². The van der Waals surface area contributed by atoms with Crippen molar-refractivity contribution < 1.29 is 4.79 Å². The van der Waals surface area contributed by atoms with Crippen LogP contribution in [0.4, 0.5) is 0 Å². The lowest BCUT2D eigenvalue weighted by Crippen LogP contribution is -2.51. The summed E-state index contributed by atoms with van der Waals surface area (Å²) < 4.78 is 0. The fourth-order valence-electron chi connectivity index (χ4n) is 4.07. The Bertz CT molecular complexity index is 511. The molecule has 24 heavy (non-hydrogen) atoms. The molecule has 0 unspecified atom stereocenters. The molecule has 0 bridgehead atoms. The van der Waals surface area contributed by atoms with Crippen LogP contribution in [0, 0.1) is 0 Å². The molecule has 0 saturated heterocycles. The third-order valence-electron chi connectivity index (χ3n) is 5.04. The smallest absolute Gasteiger partial charge is 0.255 e. The van der Waals surface area contributed by atoms with Crippen molar-refractivity contribution in [3.63, 3.8) is 0 Å². The topological polar surface area (TPSA) is 20.3 Å². The summed E-state index contributed by atoms with van der Waals surface area (Å²) in [5.74, 6) is 0.112. The molecule has 1 aromatic rings. The Balaban J connectivity index is 3.54. The van der Waals surface area contributed by atoms with Gasteiger partial charge in [-0.15, -0.1) is 0 Å². The molecular weight excluding hydrogens is 334 g/mol. The van der Waals surface area contributed by atoms with Gasteiger partial charge in [-0.1, -0.05) is 81.9 Å². The molecule has 0 aliphatic rings. The minimum atomic E-state index is -1.71. The van der Waals surface area contributed by atoms with E-state index < -0.39 is 8.07 Å². The molecular formula is C20H34ClNOSi. The number of amides is 1. The van der Waals surface area contributed by atoms with Crippen LogP contribution in [-0.2, 0) is 0 Å². The quantitative estimate of drug-likeness (QED) is 0.485. The van der Waals surface area contributed by atoms with Crippen LogP contribution in [0.1, 0.15) is 64.2 Å². The molecule has 0 heterocycles. The largest absolute Gasteiger partial charge is 0.339 e. The minimum absolute atomic E-state index is 0.112. The van der Waals surface area contributed by atoms with Gasteiger partial charge in [-0.25, -0.2) is 0 Å². The number of carbonyl (C=O) groups is 1. The first-order valence-electron chi connectivity index (χ1n) is 9.59. The van der Waals surface area contributed by atoms with Gasteiger partial charge in [0, 0.05) is 13.1 Å². The second kappa shape index (κ2) is 10.2. The van der Waals surface area contributed by atoms with Gasteiger partial charge < -0.3 is 4.90 Å². The van der Waals surface area contributed by atoms with E-state index in [0.717, 1.165) is 18.7 Å². The van der Waals surface area contributed by atoms with Gasteiger partial charge in [-0.3, -0.25) is 4.79 Å². The number of hydrogen-bond donors (Lipinski definition) is 0. The normalized spacial score (nSPS) is 11.6. The molecule has 2 nitrogen and oxygen atoms in total. The first-order valence-corrected chi connectivity index (χ1v) is 12.6. The molecule has 1 amide bonds. The van der Waals surface area contributed by atoms with Gasteiger partial charge in [0.25, 0.3) is 5.91 Å². The highest BCUT2D eigenvalue weighted by atomic mass is 35.5. The summed E-state index contributed by atoms with van der Waals surface area (Å²) in [5, 5.41) is 1.93. The molecule has 0 aliphatic carbocycles. The molecule has 136 valence electrons. The van der Waals surface area contributed by atoms with Gasteiger partial charge >= 0.3 is 0 Å². The summed E-state index contributed by atoms with van der Waals surface area (Å²) >= 11 is 6.56. The van der Waals surface area contributed by atoms with E-state index in [1.807, 2.05) is 30.9 Å². The van der Waals surface area contributed by atoms with Gasteiger partial charge in [-0.05, 0) is 25.1 Å².